The number of anilines is 1. The fraction of sp³-hybridized carbons (Fsp3) is 0.300. The Kier molecular flexibility index (Phi) is 2.04. The molecule has 0 bridgehead atoms. The molecular formula is C10H10N2O2. The first-order valence-electron chi connectivity index (χ1n) is 4.47. The standard InChI is InChI=1S/C10H10N2O2/c1-7-2-3-8(11-6-7)12-9(13)4-5-10(12)14/h2-3,6H,4-5H2,1H3. The van der Waals surface area contributed by atoms with E-state index in [0.29, 0.717) is 18.7 Å². The molecule has 0 atom stereocenters. The van der Waals surface area contributed by atoms with Gasteiger partial charge in [-0.05, 0) is 18.6 Å². The van der Waals surface area contributed by atoms with Gasteiger partial charge < -0.3 is 0 Å². The predicted octanol–water partition coefficient (Wildman–Crippen LogP) is 1.04. The minimum Gasteiger partial charge on any atom is -0.274 e. The highest BCUT2D eigenvalue weighted by Gasteiger charge is 2.30. The number of aryl methyl sites for hydroxylation is 1. The van der Waals surface area contributed by atoms with Crippen LogP contribution in [0.5, 0.6) is 0 Å². The van der Waals surface area contributed by atoms with Crippen molar-refractivity contribution in [1.29, 1.82) is 0 Å². The van der Waals surface area contributed by atoms with Crippen LogP contribution in [0.2, 0.25) is 0 Å². The summed E-state index contributed by atoms with van der Waals surface area (Å²) in [5.41, 5.74) is 1.01. The van der Waals surface area contributed by atoms with E-state index in [1.54, 1.807) is 12.3 Å². The third-order valence-corrected chi connectivity index (χ3v) is 2.18. The molecule has 1 aliphatic heterocycles. The van der Waals surface area contributed by atoms with Gasteiger partial charge in [-0.2, -0.15) is 0 Å². The van der Waals surface area contributed by atoms with E-state index in [1.165, 1.54) is 0 Å². The predicted molar refractivity (Wildman–Crippen MR) is 50.7 cm³/mol. The highest BCUT2D eigenvalue weighted by molar-refractivity contribution is 6.19. The van der Waals surface area contributed by atoms with Gasteiger partial charge in [-0.25, -0.2) is 9.88 Å². The Labute approximate surface area is 81.6 Å². The van der Waals surface area contributed by atoms with E-state index < -0.39 is 0 Å². The van der Waals surface area contributed by atoms with Gasteiger partial charge in [-0.15, -0.1) is 0 Å². The van der Waals surface area contributed by atoms with Gasteiger partial charge in [0.2, 0.25) is 11.8 Å². The summed E-state index contributed by atoms with van der Waals surface area (Å²) in [6.45, 7) is 1.91. The lowest BCUT2D eigenvalue weighted by molar-refractivity contribution is -0.121. The van der Waals surface area contributed by atoms with Gasteiger partial charge in [0.1, 0.15) is 5.82 Å². The van der Waals surface area contributed by atoms with Crippen LogP contribution in [0.15, 0.2) is 18.3 Å². The minimum atomic E-state index is -0.161. The Morgan fingerprint density at radius 3 is 2.36 bits per heavy atom. The second-order valence-corrected chi connectivity index (χ2v) is 3.32. The van der Waals surface area contributed by atoms with E-state index in [1.807, 2.05) is 13.0 Å². The summed E-state index contributed by atoms with van der Waals surface area (Å²) in [5, 5.41) is 0. The summed E-state index contributed by atoms with van der Waals surface area (Å²) in [7, 11) is 0. The lowest BCUT2D eigenvalue weighted by atomic mass is 10.3. The van der Waals surface area contributed by atoms with Crippen molar-refractivity contribution in [2.24, 2.45) is 0 Å². The normalized spacial score (nSPS) is 16.5. The molecule has 2 heterocycles. The van der Waals surface area contributed by atoms with E-state index in [2.05, 4.69) is 4.98 Å². The zero-order valence-corrected chi connectivity index (χ0v) is 7.86. The van der Waals surface area contributed by atoms with E-state index >= 15 is 0 Å². The third kappa shape index (κ3) is 1.39. The molecule has 14 heavy (non-hydrogen) atoms. The highest BCUT2D eigenvalue weighted by atomic mass is 16.2. The first-order chi connectivity index (χ1) is 6.68. The molecule has 2 rings (SSSR count). The summed E-state index contributed by atoms with van der Waals surface area (Å²) in [4.78, 5) is 27.9. The van der Waals surface area contributed by atoms with Crippen molar-refractivity contribution >= 4 is 17.6 Å². The molecule has 72 valence electrons. The van der Waals surface area contributed by atoms with Gasteiger partial charge in [0.05, 0.1) is 0 Å². The van der Waals surface area contributed by atoms with Crippen LogP contribution in [0.25, 0.3) is 0 Å². The highest BCUT2D eigenvalue weighted by Crippen LogP contribution is 2.19. The van der Waals surface area contributed by atoms with Crippen LogP contribution in [-0.2, 0) is 9.59 Å². The molecule has 0 radical (unpaired) electrons. The molecule has 0 spiro atoms. The number of carbonyl (C=O) groups is 2. The lowest BCUT2D eigenvalue weighted by Gasteiger charge is -2.11. The van der Waals surface area contributed by atoms with Crippen LogP contribution >= 0.6 is 0 Å². The van der Waals surface area contributed by atoms with Crippen molar-refractivity contribution in [2.45, 2.75) is 19.8 Å². The number of nitrogens with zero attached hydrogens (tertiary/aromatic N) is 2. The molecule has 0 N–H and O–H groups in total. The first kappa shape index (κ1) is 8.87. The van der Waals surface area contributed by atoms with Gasteiger partial charge >= 0.3 is 0 Å². The maximum absolute atomic E-state index is 11.3. The average Bonchev–Trinajstić information content (AvgIpc) is 2.49. The number of imide groups is 1. The Balaban J connectivity index is 2.34. The third-order valence-electron chi connectivity index (χ3n) is 2.18. The van der Waals surface area contributed by atoms with Crippen LogP contribution in [0, 0.1) is 6.92 Å². The Morgan fingerprint density at radius 1 is 1.21 bits per heavy atom. The molecule has 4 nitrogen and oxygen atoms in total. The van der Waals surface area contributed by atoms with Crippen LogP contribution < -0.4 is 4.90 Å². The minimum absolute atomic E-state index is 0.161. The topological polar surface area (TPSA) is 50.3 Å². The van der Waals surface area contributed by atoms with Crippen LogP contribution in [-0.4, -0.2) is 16.8 Å². The fourth-order valence-electron chi connectivity index (χ4n) is 1.42. The molecule has 4 heteroatoms. The molecule has 1 aliphatic rings. The van der Waals surface area contributed by atoms with Crippen molar-refractivity contribution in [3.63, 3.8) is 0 Å². The average molecular weight is 190 g/mol. The Bertz CT molecular complexity index is 368. The maximum atomic E-state index is 11.3. The number of pyridine rings is 1. The summed E-state index contributed by atoms with van der Waals surface area (Å²) in [6.07, 6.45) is 2.25. The van der Waals surface area contributed by atoms with Crippen LogP contribution in [0.4, 0.5) is 5.82 Å². The Hall–Kier alpha value is -1.71. The van der Waals surface area contributed by atoms with Crippen LogP contribution in [0.3, 0.4) is 0 Å². The molecule has 1 saturated heterocycles. The van der Waals surface area contributed by atoms with Gasteiger partial charge in [-0.1, -0.05) is 6.07 Å². The molecule has 0 aromatic carbocycles. The second kappa shape index (κ2) is 3.21. The Morgan fingerprint density at radius 2 is 1.86 bits per heavy atom. The van der Waals surface area contributed by atoms with Crippen LogP contribution in [0.1, 0.15) is 18.4 Å². The van der Waals surface area contributed by atoms with E-state index in [0.717, 1.165) is 10.5 Å². The molecule has 1 aromatic rings. The summed E-state index contributed by atoms with van der Waals surface area (Å²) in [5.74, 6) is 0.112. The number of carbonyl (C=O) groups excluding carboxylic acids is 2. The zero-order valence-electron chi connectivity index (χ0n) is 7.86. The molecule has 1 fully saturated rings. The molecule has 0 aliphatic carbocycles. The molecule has 0 saturated carbocycles. The largest absolute Gasteiger partial charge is 0.274 e. The van der Waals surface area contributed by atoms with Crippen molar-refractivity contribution in [3.05, 3.63) is 23.9 Å². The maximum Gasteiger partial charge on any atom is 0.235 e. The van der Waals surface area contributed by atoms with Gasteiger partial charge in [0.15, 0.2) is 0 Å². The lowest BCUT2D eigenvalue weighted by Crippen LogP contribution is -2.29. The molecule has 1 aromatic heterocycles. The number of hydrogen-bond donors (Lipinski definition) is 0. The quantitative estimate of drug-likeness (QED) is 0.622. The molecular weight excluding hydrogens is 180 g/mol. The summed E-state index contributed by atoms with van der Waals surface area (Å²) < 4.78 is 0. The second-order valence-electron chi connectivity index (χ2n) is 3.32. The summed E-state index contributed by atoms with van der Waals surface area (Å²) >= 11 is 0. The monoisotopic (exact) mass is 190 g/mol. The number of amides is 2. The number of hydrogen-bond acceptors (Lipinski definition) is 3. The molecule has 2 amide bonds. The first-order valence-corrected chi connectivity index (χ1v) is 4.47. The van der Waals surface area contributed by atoms with Gasteiger partial charge in [-0.3, -0.25) is 9.59 Å². The molecule has 0 unspecified atom stereocenters. The van der Waals surface area contributed by atoms with Gasteiger partial charge in [0, 0.05) is 19.0 Å². The van der Waals surface area contributed by atoms with Crippen molar-refractivity contribution in [3.8, 4) is 0 Å². The van der Waals surface area contributed by atoms with Crippen molar-refractivity contribution in [1.82, 2.24) is 4.98 Å². The SMILES string of the molecule is Cc1ccc(N2C(=O)CCC2=O)nc1. The van der Waals surface area contributed by atoms with E-state index in [4.69, 9.17) is 0 Å². The van der Waals surface area contributed by atoms with Gasteiger partial charge in [0.25, 0.3) is 0 Å². The van der Waals surface area contributed by atoms with E-state index in [-0.39, 0.29) is 11.8 Å². The van der Waals surface area contributed by atoms with E-state index in [9.17, 15) is 9.59 Å². The van der Waals surface area contributed by atoms with Crippen molar-refractivity contribution < 1.29 is 9.59 Å². The fourth-order valence-corrected chi connectivity index (χ4v) is 1.42. The smallest absolute Gasteiger partial charge is 0.235 e. The zero-order chi connectivity index (χ0) is 10.1. The summed E-state index contributed by atoms with van der Waals surface area (Å²) in [6, 6.07) is 3.53. The number of aromatic nitrogens is 1. The number of rotatable bonds is 1. The van der Waals surface area contributed by atoms with Crippen molar-refractivity contribution in [2.75, 3.05) is 4.90 Å².